The van der Waals surface area contributed by atoms with Gasteiger partial charge in [0.25, 0.3) is 5.91 Å². The molecule has 1 amide bonds. The smallest absolute Gasteiger partial charge is 0.275 e. The number of hydrogen-bond acceptors (Lipinski definition) is 3. The number of likely N-dealkylation sites (N-methyl/N-ethyl adjacent to an activating group) is 1. The summed E-state index contributed by atoms with van der Waals surface area (Å²) in [6.45, 7) is 1.30. The van der Waals surface area contributed by atoms with Crippen molar-refractivity contribution >= 4 is 5.91 Å². The fourth-order valence-corrected chi connectivity index (χ4v) is 2.59. The summed E-state index contributed by atoms with van der Waals surface area (Å²) < 4.78 is 23.6. The topological polar surface area (TPSA) is 52.0 Å². The SMILES string of the molecule is COc1ccc(CNC(=O)C[NH+](C)Cc2cccc(F)c2)cc1OC. The number of carbonyl (C=O) groups excluding carboxylic acids is 1. The van der Waals surface area contributed by atoms with Gasteiger partial charge in [0.2, 0.25) is 0 Å². The molecule has 0 aromatic heterocycles. The van der Waals surface area contributed by atoms with Crippen molar-refractivity contribution in [2.24, 2.45) is 0 Å². The van der Waals surface area contributed by atoms with Gasteiger partial charge in [0.1, 0.15) is 12.4 Å². The number of benzene rings is 2. The van der Waals surface area contributed by atoms with E-state index >= 15 is 0 Å². The summed E-state index contributed by atoms with van der Waals surface area (Å²) in [5.74, 6) is 0.951. The van der Waals surface area contributed by atoms with Crippen molar-refractivity contribution in [3.05, 3.63) is 59.4 Å². The van der Waals surface area contributed by atoms with E-state index in [1.807, 2.05) is 31.3 Å². The molecule has 0 aliphatic rings. The molecule has 0 aliphatic carbocycles. The van der Waals surface area contributed by atoms with Crippen LogP contribution < -0.4 is 19.7 Å². The van der Waals surface area contributed by atoms with E-state index in [0.717, 1.165) is 16.0 Å². The minimum atomic E-state index is -0.261. The molecule has 134 valence electrons. The van der Waals surface area contributed by atoms with Gasteiger partial charge in [-0.05, 0) is 29.8 Å². The van der Waals surface area contributed by atoms with Crippen LogP contribution in [-0.4, -0.2) is 33.7 Å². The summed E-state index contributed by atoms with van der Waals surface area (Å²) in [5, 5.41) is 2.89. The number of rotatable bonds is 8. The maximum Gasteiger partial charge on any atom is 0.275 e. The molecule has 2 aromatic rings. The maximum atomic E-state index is 13.2. The number of methoxy groups -OCH3 is 2. The summed E-state index contributed by atoms with van der Waals surface area (Å²) in [7, 11) is 5.06. The molecular formula is C19H24FN2O3+. The van der Waals surface area contributed by atoms with Crippen LogP contribution in [-0.2, 0) is 17.9 Å². The molecule has 0 saturated heterocycles. The first-order valence-electron chi connectivity index (χ1n) is 8.05. The molecule has 1 atom stereocenters. The molecule has 0 heterocycles. The Balaban J connectivity index is 1.84. The van der Waals surface area contributed by atoms with Crippen LogP contribution in [0.5, 0.6) is 11.5 Å². The monoisotopic (exact) mass is 347 g/mol. The molecule has 0 radical (unpaired) electrons. The Morgan fingerprint density at radius 2 is 1.84 bits per heavy atom. The second-order valence-corrected chi connectivity index (χ2v) is 5.91. The van der Waals surface area contributed by atoms with Gasteiger partial charge in [0, 0.05) is 12.1 Å². The van der Waals surface area contributed by atoms with E-state index < -0.39 is 0 Å². The highest BCUT2D eigenvalue weighted by molar-refractivity contribution is 5.76. The van der Waals surface area contributed by atoms with Gasteiger partial charge in [-0.1, -0.05) is 18.2 Å². The quantitative estimate of drug-likeness (QED) is 0.754. The van der Waals surface area contributed by atoms with Crippen LogP contribution in [0.2, 0.25) is 0 Å². The third-order valence-corrected chi connectivity index (χ3v) is 3.79. The average molecular weight is 347 g/mol. The second kappa shape index (κ2) is 9.03. The predicted octanol–water partition coefficient (Wildman–Crippen LogP) is 1.17. The van der Waals surface area contributed by atoms with Crippen LogP contribution in [0.3, 0.4) is 0 Å². The summed E-state index contributed by atoms with van der Waals surface area (Å²) in [4.78, 5) is 13.1. The third-order valence-electron chi connectivity index (χ3n) is 3.79. The molecule has 25 heavy (non-hydrogen) atoms. The van der Waals surface area contributed by atoms with Gasteiger partial charge < -0.3 is 19.7 Å². The van der Waals surface area contributed by atoms with Crippen LogP contribution in [0.1, 0.15) is 11.1 Å². The van der Waals surface area contributed by atoms with E-state index in [-0.39, 0.29) is 11.7 Å². The van der Waals surface area contributed by atoms with Crippen LogP contribution >= 0.6 is 0 Å². The van der Waals surface area contributed by atoms with E-state index in [4.69, 9.17) is 9.47 Å². The van der Waals surface area contributed by atoms with Crippen molar-refractivity contribution in [2.45, 2.75) is 13.1 Å². The zero-order valence-corrected chi connectivity index (χ0v) is 14.8. The fourth-order valence-electron chi connectivity index (χ4n) is 2.59. The molecule has 0 spiro atoms. The Hall–Kier alpha value is -2.60. The molecule has 2 rings (SSSR count). The van der Waals surface area contributed by atoms with E-state index in [0.29, 0.717) is 31.1 Å². The highest BCUT2D eigenvalue weighted by Crippen LogP contribution is 2.27. The first-order valence-corrected chi connectivity index (χ1v) is 8.05. The summed E-state index contributed by atoms with van der Waals surface area (Å²) in [6, 6.07) is 12.0. The van der Waals surface area contributed by atoms with Crippen LogP contribution in [0.25, 0.3) is 0 Å². The molecule has 0 aliphatic heterocycles. The normalized spacial score (nSPS) is 11.7. The van der Waals surface area contributed by atoms with Crippen molar-refractivity contribution in [3.63, 3.8) is 0 Å². The van der Waals surface area contributed by atoms with Crippen molar-refractivity contribution in [1.29, 1.82) is 0 Å². The molecule has 5 nitrogen and oxygen atoms in total. The van der Waals surface area contributed by atoms with Crippen molar-refractivity contribution in [1.82, 2.24) is 5.32 Å². The lowest BCUT2D eigenvalue weighted by Crippen LogP contribution is -3.08. The van der Waals surface area contributed by atoms with E-state index in [2.05, 4.69) is 5.32 Å². The fraction of sp³-hybridized carbons (Fsp3) is 0.316. The Labute approximate surface area is 147 Å². The number of halogens is 1. The summed E-state index contributed by atoms with van der Waals surface area (Å²) in [5.41, 5.74) is 1.79. The minimum absolute atomic E-state index is 0.0660. The molecule has 2 N–H and O–H groups in total. The van der Waals surface area contributed by atoms with Crippen LogP contribution in [0.15, 0.2) is 42.5 Å². The number of carbonyl (C=O) groups is 1. The third kappa shape index (κ3) is 5.76. The first-order chi connectivity index (χ1) is 12.0. The number of ether oxygens (including phenoxy) is 2. The number of hydrogen-bond donors (Lipinski definition) is 2. The lowest BCUT2D eigenvalue weighted by molar-refractivity contribution is -0.885. The van der Waals surface area contributed by atoms with Gasteiger partial charge in [-0.2, -0.15) is 0 Å². The zero-order chi connectivity index (χ0) is 18.2. The Bertz CT molecular complexity index is 722. The van der Waals surface area contributed by atoms with Gasteiger partial charge >= 0.3 is 0 Å². The van der Waals surface area contributed by atoms with Crippen molar-refractivity contribution < 1.29 is 23.6 Å². The molecule has 2 aromatic carbocycles. The lowest BCUT2D eigenvalue weighted by atomic mass is 10.2. The molecule has 1 unspecified atom stereocenters. The minimum Gasteiger partial charge on any atom is -0.493 e. The van der Waals surface area contributed by atoms with Crippen molar-refractivity contribution in [3.8, 4) is 11.5 Å². The van der Waals surface area contributed by atoms with Gasteiger partial charge in [-0.15, -0.1) is 0 Å². The molecular weight excluding hydrogens is 323 g/mol. The predicted molar refractivity (Wildman–Crippen MR) is 93.3 cm³/mol. The number of amides is 1. The van der Waals surface area contributed by atoms with Gasteiger partial charge in [-0.3, -0.25) is 4.79 Å². The largest absolute Gasteiger partial charge is 0.493 e. The van der Waals surface area contributed by atoms with Crippen molar-refractivity contribution in [2.75, 3.05) is 27.8 Å². The number of nitrogens with one attached hydrogen (secondary N) is 2. The second-order valence-electron chi connectivity index (χ2n) is 5.91. The lowest BCUT2D eigenvalue weighted by Gasteiger charge is -2.14. The molecule has 0 saturated carbocycles. The Morgan fingerprint density at radius 1 is 1.08 bits per heavy atom. The van der Waals surface area contributed by atoms with Crippen LogP contribution in [0.4, 0.5) is 4.39 Å². The van der Waals surface area contributed by atoms with E-state index in [1.165, 1.54) is 12.1 Å². The first kappa shape index (κ1) is 18.7. The summed E-state index contributed by atoms with van der Waals surface area (Å²) in [6.07, 6.45) is 0. The maximum absolute atomic E-state index is 13.2. The van der Waals surface area contributed by atoms with Crippen LogP contribution in [0, 0.1) is 5.82 Å². The average Bonchev–Trinajstić information content (AvgIpc) is 2.59. The van der Waals surface area contributed by atoms with E-state index in [1.54, 1.807) is 20.3 Å². The highest BCUT2D eigenvalue weighted by atomic mass is 19.1. The summed E-state index contributed by atoms with van der Waals surface area (Å²) >= 11 is 0. The Kier molecular flexibility index (Phi) is 6.77. The number of quaternary nitrogens is 1. The zero-order valence-electron chi connectivity index (χ0n) is 14.8. The standard InChI is InChI=1S/C19H23FN2O3/c1-22(12-15-5-4-6-16(20)9-15)13-19(23)21-11-14-7-8-17(24-2)18(10-14)25-3/h4-10H,11-13H2,1-3H3,(H,21,23)/p+1. The molecule has 0 bridgehead atoms. The molecule has 6 heteroatoms. The van der Waals surface area contributed by atoms with Gasteiger partial charge in [-0.25, -0.2) is 4.39 Å². The highest BCUT2D eigenvalue weighted by Gasteiger charge is 2.11. The Morgan fingerprint density at radius 3 is 2.52 bits per heavy atom. The van der Waals surface area contributed by atoms with E-state index in [9.17, 15) is 9.18 Å². The van der Waals surface area contributed by atoms with Gasteiger partial charge in [0.15, 0.2) is 18.0 Å². The molecule has 0 fully saturated rings. The van der Waals surface area contributed by atoms with Gasteiger partial charge in [0.05, 0.1) is 21.3 Å².